The summed E-state index contributed by atoms with van der Waals surface area (Å²) in [5.74, 6) is 0. The van der Waals surface area contributed by atoms with E-state index in [4.69, 9.17) is 0 Å². The van der Waals surface area contributed by atoms with Crippen molar-refractivity contribution in [1.29, 1.82) is 0 Å². The highest BCUT2D eigenvalue weighted by molar-refractivity contribution is 9.10. The van der Waals surface area contributed by atoms with Crippen LogP contribution in [0.3, 0.4) is 0 Å². The van der Waals surface area contributed by atoms with E-state index in [2.05, 4.69) is 15.9 Å². The van der Waals surface area contributed by atoms with Crippen molar-refractivity contribution >= 4 is 15.9 Å². The maximum atomic E-state index is 10.3. The predicted molar refractivity (Wildman–Crippen MR) is 69.4 cm³/mol. The minimum Gasteiger partial charge on any atom is -0.384 e. The number of aliphatic hydroxyl groups is 1. The number of rotatable bonds is 2. The van der Waals surface area contributed by atoms with Crippen LogP contribution in [0.4, 0.5) is 0 Å². The molecule has 2 rings (SSSR count). The summed E-state index contributed by atoms with van der Waals surface area (Å²) in [6.07, 6.45) is -0.574. The maximum absolute atomic E-state index is 10.3. The molecular formula is C14H13BrO. The van der Waals surface area contributed by atoms with Gasteiger partial charge in [-0.05, 0) is 24.1 Å². The minimum absolute atomic E-state index is 0.574. The van der Waals surface area contributed by atoms with Gasteiger partial charge in [0.25, 0.3) is 0 Å². The van der Waals surface area contributed by atoms with Gasteiger partial charge in [-0.2, -0.15) is 0 Å². The van der Waals surface area contributed by atoms with Crippen LogP contribution in [0.1, 0.15) is 22.8 Å². The molecule has 2 aromatic carbocycles. The highest BCUT2D eigenvalue weighted by atomic mass is 79.9. The van der Waals surface area contributed by atoms with Gasteiger partial charge in [0.05, 0.1) is 0 Å². The molecule has 1 atom stereocenters. The Bertz CT molecular complexity index is 494. The van der Waals surface area contributed by atoms with E-state index in [9.17, 15) is 5.11 Å². The van der Waals surface area contributed by atoms with E-state index in [1.165, 1.54) is 0 Å². The quantitative estimate of drug-likeness (QED) is 0.884. The second kappa shape index (κ2) is 4.81. The standard InChI is InChI=1S/C14H13BrO/c1-10-5-4-6-11(9-10)14(16)12-7-2-3-8-13(12)15/h2-9,14,16H,1H3. The van der Waals surface area contributed by atoms with Crippen LogP contribution in [0.25, 0.3) is 0 Å². The molecule has 0 aliphatic rings. The summed E-state index contributed by atoms with van der Waals surface area (Å²) in [4.78, 5) is 0. The second-order valence-electron chi connectivity index (χ2n) is 3.84. The molecule has 1 nitrogen and oxygen atoms in total. The Morgan fingerprint density at radius 1 is 1.06 bits per heavy atom. The fraction of sp³-hybridized carbons (Fsp3) is 0.143. The summed E-state index contributed by atoms with van der Waals surface area (Å²) in [6.45, 7) is 2.02. The number of hydrogen-bond donors (Lipinski definition) is 1. The first-order valence-corrected chi connectivity index (χ1v) is 5.97. The molecule has 0 amide bonds. The van der Waals surface area contributed by atoms with Crippen molar-refractivity contribution in [3.8, 4) is 0 Å². The second-order valence-corrected chi connectivity index (χ2v) is 4.69. The highest BCUT2D eigenvalue weighted by Gasteiger charge is 2.12. The average Bonchev–Trinajstić information content (AvgIpc) is 2.29. The molecule has 0 aliphatic carbocycles. The van der Waals surface area contributed by atoms with Gasteiger partial charge < -0.3 is 5.11 Å². The largest absolute Gasteiger partial charge is 0.384 e. The lowest BCUT2D eigenvalue weighted by molar-refractivity contribution is 0.219. The topological polar surface area (TPSA) is 20.2 Å². The minimum atomic E-state index is -0.574. The highest BCUT2D eigenvalue weighted by Crippen LogP contribution is 2.28. The summed E-state index contributed by atoms with van der Waals surface area (Å²) in [5.41, 5.74) is 2.98. The molecule has 16 heavy (non-hydrogen) atoms. The van der Waals surface area contributed by atoms with Gasteiger partial charge >= 0.3 is 0 Å². The summed E-state index contributed by atoms with van der Waals surface area (Å²) in [7, 11) is 0. The molecular weight excluding hydrogens is 264 g/mol. The molecule has 0 aromatic heterocycles. The summed E-state index contributed by atoms with van der Waals surface area (Å²) in [5, 5.41) is 10.3. The molecule has 2 heteroatoms. The first kappa shape index (κ1) is 11.4. The van der Waals surface area contributed by atoms with Crippen LogP contribution in [0.5, 0.6) is 0 Å². The maximum Gasteiger partial charge on any atom is 0.105 e. The number of benzene rings is 2. The molecule has 0 radical (unpaired) electrons. The van der Waals surface area contributed by atoms with Crippen molar-refractivity contribution in [2.45, 2.75) is 13.0 Å². The van der Waals surface area contributed by atoms with Crippen LogP contribution in [0.2, 0.25) is 0 Å². The molecule has 0 bridgehead atoms. The third kappa shape index (κ3) is 2.34. The molecule has 1 N–H and O–H groups in total. The molecule has 0 fully saturated rings. The lowest BCUT2D eigenvalue weighted by atomic mass is 10.0. The van der Waals surface area contributed by atoms with Gasteiger partial charge in [0.1, 0.15) is 6.10 Å². The molecule has 1 unspecified atom stereocenters. The van der Waals surface area contributed by atoms with Crippen molar-refractivity contribution in [3.05, 3.63) is 69.7 Å². The van der Waals surface area contributed by atoms with Crippen molar-refractivity contribution in [2.75, 3.05) is 0 Å². The average molecular weight is 277 g/mol. The number of aliphatic hydroxyl groups excluding tert-OH is 1. The van der Waals surface area contributed by atoms with Gasteiger partial charge in [0, 0.05) is 4.47 Å². The zero-order chi connectivity index (χ0) is 11.5. The molecule has 2 aromatic rings. The summed E-state index contributed by atoms with van der Waals surface area (Å²) >= 11 is 3.45. The summed E-state index contributed by atoms with van der Waals surface area (Å²) in [6, 6.07) is 15.7. The molecule has 0 saturated heterocycles. The van der Waals surface area contributed by atoms with Gasteiger partial charge in [-0.15, -0.1) is 0 Å². The Labute approximate surface area is 104 Å². The Morgan fingerprint density at radius 2 is 1.81 bits per heavy atom. The van der Waals surface area contributed by atoms with Gasteiger partial charge in [-0.3, -0.25) is 0 Å². The predicted octanol–water partition coefficient (Wildman–Crippen LogP) is 3.84. The molecule has 82 valence electrons. The molecule has 0 aliphatic heterocycles. The fourth-order valence-corrected chi connectivity index (χ4v) is 2.22. The van der Waals surface area contributed by atoms with Gasteiger partial charge in [-0.1, -0.05) is 64.0 Å². The van der Waals surface area contributed by atoms with Crippen molar-refractivity contribution in [3.63, 3.8) is 0 Å². The Kier molecular flexibility index (Phi) is 3.42. The Morgan fingerprint density at radius 3 is 2.50 bits per heavy atom. The van der Waals surface area contributed by atoms with Crippen LogP contribution in [-0.2, 0) is 0 Å². The monoisotopic (exact) mass is 276 g/mol. The summed E-state index contributed by atoms with van der Waals surface area (Å²) < 4.78 is 0.934. The van der Waals surface area contributed by atoms with E-state index < -0.39 is 6.10 Å². The number of aryl methyl sites for hydroxylation is 1. The van der Waals surface area contributed by atoms with E-state index in [0.29, 0.717) is 0 Å². The smallest absolute Gasteiger partial charge is 0.105 e. The van der Waals surface area contributed by atoms with Crippen molar-refractivity contribution in [1.82, 2.24) is 0 Å². The van der Waals surface area contributed by atoms with Crippen LogP contribution in [0.15, 0.2) is 53.0 Å². The molecule has 0 spiro atoms. The first-order valence-electron chi connectivity index (χ1n) is 5.17. The van der Waals surface area contributed by atoms with Gasteiger partial charge in [-0.25, -0.2) is 0 Å². The first-order chi connectivity index (χ1) is 7.68. The molecule has 0 heterocycles. The van der Waals surface area contributed by atoms with E-state index in [0.717, 1.165) is 21.2 Å². The Hall–Kier alpha value is -1.12. The third-order valence-corrected chi connectivity index (χ3v) is 3.28. The van der Waals surface area contributed by atoms with Crippen molar-refractivity contribution < 1.29 is 5.11 Å². The normalized spacial score (nSPS) is 12.4. The third-order valence-electron chi connectivity index (χ3n) is 2.56. The zero-order valence-electron chi connectivity index (χ0n) is 9.02. The van der Waals surface area contributed by atoms with Crippen LogP contribution in [-0.4, -0.2) is 5.11 Å². The van der Waals surface area contributed by atoms with Crippen LogP contribution < -0.4 is 0 Å². The van der Waals surface area contributed by atoms with E-state index in [1.54, 1.807) is 0 Å². The van der Waals surface area contributed by atoms with E-state index >= 15 is 0 Å². The molecule has 0 saturated carbocycles. The number of halogens is 1. The zero-order valence-corrected chi connectivity index (χ0v) is 10.6. The lowest BCUT2D eigenvalue weighted by Crippen LogP contribution is -2.00. The van der Waals surface area contributed by atoms with Crippen LogP contribution in [0, 0.1) is 6.92 Å². The van der Waals surface area contributed by atoms with Crippen LogP contribution >= 0.6 is 15.9 Å². The SMILES string of the molecule is Cc1cccc(C(O)c2ccccc2Br)c1. The number of hydrogen-bond acceptors (Lipinski definition) is 1. The fourth-order valence-electron chi connectivity index (χ4n) is 1.72. The van der Waals surface area contributed by atoms with Gasteiger partial charge in [0.2, 0.25) is 0 Å². The Balaban J connectivity index is 2.39. The van der Waals surface area contributed by atoms with E-state index in [1.807, 2.05) is 55.5 Å². The van der Waals surface area contributed by atoms with Crippen molar-refractivity contribution in [2.24, 2.45) is 0 Å². The van der Waals surface area contributed by atoms with Gasteiger partial charge in [0.15, 0.2) is 0 Å². The van der Waals surface area contributed by atoms with E-state index in [-0.39, 0.29) is 0 Å². The lowest BCUT2D eigenvalue weighted by Gasteiger charge is -2.13.